The van der Waals surface area contributed by atoms with Gasteiger partial charge < -0.3 is 29.4 Å². The summed E-state index contributed by atoms with van der Waals surface area (Å²) < 4.78 is 38.9. The maximum Gasteiger partial charge on any atom is 0.135 e. The molecule has 0 heterocycles. The molecular weight excluding hydrogens is 281 g/mol. The van der Waals surface area contributed by atoms with Crippen molar-refractivity contribution < 1.29 is 28.1 Å². The molecule has 1 unspecified atom stereocenters. The summed E-state index contributed by atoms with van der Waals surface area (Å²) in [5.41, 5.74) is 5.11. The normalized spacial score (nSPS) is 12.7. The van der Waals surface area contributed by atoms with E-state index in [4.69, 9.17) is 29.4 Å². The van der Waals surface area contributed by atoms with E-state index in [1.807, 2.05) is 0 Å². The van der Waals surface area contributed by atoms with Crippen LogP contribution in [0.5, 0.6) is 0 Å². The third-order valence-corrected chi connectivity index (χ3v) is 2.39. The number of halogens is 1. The van der Waals surface area contributed by atoms with Crippen molar-refractivity contribution in [2.75, 3.05) is 72.6 Å². The molecule has 128 valence electrons. The van der Waals surface area contributed by atoms with Crippen LogP contribution in [0.4, 0.5) is 4.39 Å². The van der Waals surface area contributed by atoms with Gasteiger partial charge in [0.1, 0.15) is 6.17 Å². The molecule has 0 fully saturated rings. The Bertz CT molecular complexity index is 200. The molecule has 0 aromatic carbocycles. The molecule has 0 aliphatic rings. The molecule has 0 rings (SSSR count). The molecule has 21 heavy (non-hydrogen) atoms. The van der Waals surface area contributed by atoms with Crippen molar-refractivity contribution in [3.05, 3.63) is 0 Å². The molecule has 0 aliphatic carbocycles. The van der Waals surface area contributed by atoms with Gasteiger partial charge in [-0.05, 0) is 6.42 Å². The van der Waals surface area contributed by atoms with E-state index in [0.29, 0.717) is 52.9 Å². The third kappa shape index (κ3) is 17.6. The van der Waals surface area contributed by atoms with Gasteiger partial charge in [-0.1, -0.05) is 6.92 Å². The first kappa shape index (κ1) is 20.7. The Balaban J connectivity index is 2.96. The average molecular weight is 311 g/mol. The van der Waals surface area contributed by atoms with Crippen molar-refractivity contribution in [3.8, 4) is 0 Å². The van der Waals surface area contributed by atoms with Gasteiger partial charge in [-0.15, -0.1) is 0 Å². The summed E-state index contributed by atoms with van der Waals surface area (Å²) in [5, 5.41) is 0. The van der Waals surface area contributed by atoms with E-state index in [9.17, 15) is 4.39 Å². The smallest absolute Gasteiger partial charge is 0.135 e. The zero-order valence-corrected chi connectivity index (χ0v) is 13.1. The van der Waals surface area contributed by atoms with E-state index in [1.54, 1.807) is 0 Å². The number of ether oxygens (including phenoxy) is 5. The van der Waals surface area contributed by atoms with Gasteiger partial charge in [0, 0.05) is 13.2 Å². The quantitative estimate of drug-likeness (QED) is 0.400. The van der Waals surface area contributed by atoms with Crippen LogP contribution in [0.25, 0.3) is 0 Å². The highest BCUT2D eigenvalue weighted by molar-refractivity contribution is 4.52. The van der Waals surface area contributed by atoms with Crippen molar-refractivity contribution in [3.63, 3.8) is 0 Å². The summed E-state index contributed by atoms with van der Waals surface area (Å²) in [6.07, 6.45) is -0.0732. The van der Waals surface area contributed by atoms with Gasteiger partial charge in [-0.3, -0.25) is 0 Å². The van der Waals surface area contributed by atoms with Crippen LogP contribution in [0.1, 0.15) is 13.3 Å². The van der Waals surface area contributed by atoms with E-state index in [2.05, 4.69) is 6.92 Å². The molecule has 0 aromatic heterocycles. The van der Waals surface area contributed by atoms with Gasteiger partial charge in [0.2, 0.25) is 0 Å². The number of alkyl halides is 1. The summed E-state index contributed by atoms with van der Waals surface area (Å²) in [4.78, 5) is 0. The first-order valence-corrected chi connectivity index (χ1v) is 7.54. The Morgan fingerprint density at radius 3 is 1.48 bits per heavy atom. The summed E-state index contributed by atoms with van der Waals surface area (Å²) >= 11 is 0. The van der Waals surface area contributed by atoms with Gasteiger partial charge in [0.05, 0.1) is 59.5 Å². The van der Waals surface area contributed by atoms with Crippen LogP contribution in [0, 0.1) is 0 Å². The van der Waals surface area contributed by atoms with Crippen LogP contribution in [0.15, 0.2) is 0 Å². The molecule has 6 nitrogen and oxygen atoms in total. The minimum atomic E-state index is -1.10. The van der Waals surface area contributed by atoms with E-state index < -0.39 is 6.17 Å². The molecule has 0 aromatic rings. The predicted molar refractivity (Wildman–Crippen MR) is 78.3 cm³/mol. The van der Waals surface area contributed by atoms with Crippen molar-refractivity contribution in [1.82, 2.24) is 0 Å². The lowest BCUT2D eigenvalue weighted by Crippen LogP contribution is -2.22. The van der Waals surface area contributed by atoms with E-state index in [0.717, 1.165) is 13.0 Å². The zero-order chi connectivity index (χ0) is 15.6. The molecule has 7 heteroatoms. The Kier molecular flexibility index (Phi) is 17.5. The molecule has 0 radical (unpaired) electrons. The molecule has 2 N–H and O–H groups in total. The summed E-state index contributed by atoms with van der Waals surface area (Å²) in [5.74, 6) is 0. The van der Waals surface area contributed by atoms with E-state index in [-0.39, 0.29) is 13.2 Å². The molecular formula is C14H30FNO5. The Labute approximate surface area is 127 Å². The monoisotopic (exact) mass is 311 g/mol. The second-order valence-corrected chi connectivity index (χ2v) is 4.36. The molecule has 0 spiro atoms. The number of hydrogen-bond donors (Lipinski definition) is 1. The van der Waals surface area contributed by atoms with Crippen molar-refractivity contribution >= 4 is 0 Å². The van der Waals surface area contributed by atoms with Crippen LogP contribution < -0.4 is 5.73 Å². The lowest BCUT2D eigenvalue weighted by atomic mass is 10.4. The van der Waals surface area contributed by atoms with Gasteiger partial charge >= 0.3 is 0 Å². The standard InChI is InChI=1S/C14H30FNO5/c1-2-3-17-4-5-18-6-7-19-8-9-20-10-11-21-13-14(15)12-16/h14H,2-13,16H2,1H3. The van der Waals surface area contributed by atoms with Gasteiger partial charge in [0.15, 0.2) is 0 Å². The lowest BCUT2D eigenvalue weighted by Gasteiger charge is -2.08. The number of rotatable bonds is 17. The topological polar surface area (TPSA) is 72.2 Å². The second-order valence-electron chi connectivity index (χ2n) is 4.36. The fourth-order valence-corrected chi connectivity index (χ4v) is 1.30. The minimum Gasteiger partial charge on any atom is -0.379 e. The molecule has 0 saturated carbocycles. The maximum absolute atomic E-state index is 12.7. The second kappa shape index (κ2) is 17.7. The summed E-state index contributed by atoms with van der Waals surface area (Å²) in [6.45, 7) is 6.94. The minimum absolute atomic E-state index is 0.0124. The van der Waals surface area contributed by atoms with Crippen molar-refractivity contribution in [2.45, 2.75) is 19.5 Å². The summed E-state index contributed by atoms with van der Waals surface area (Å²) in [6, 6.07) is 0. The van der Waals surface area contributed by atoms with Crippen LogP contribution in [-0.4, -0.2) is 78.8 Å². The van der Waals surface area contributed by atoms with Crippen LogP contribution in [0.3, 0.4) is 0 Å². The van der Waals surface area contributed by atoms with Crippen LogP contribution in [0.2, 0.25) is 0 Å². The predicted octanol–water partition coefficient (Wildman–Crippen LogP) is 0.776. The maximum atomic E-state index is 12.7. The first-order chi connectivity index (χ1) is 10.3. The highest BCUT2D eigenvalue weighted by atomic mass is 19.1. The van der Waals surface area contributed by atoms with Gasteiger partial charge in [0.25, 0.3) is 0 Å². The van der Waals surface area contributed by atoms with Gasteiger partial charge in [-0.25, -0.2) is 4.39 Å². The average Bonchev–Trinajstić information content (AvgIpc) is 2.50. The largest absolute Gasteiger partial charge is 0.379 e. The molecule has 0 aliphatic heterocycles. The Morgan fingerprint density at radius 1 is 0.714 bits per heavy atom. The van der Waals surface area contributed by atoms with Crippen LogP contribution in [-0.2, 0) is 23.7 Å². The zero-order valence-electron chi connectivity index (χ0n) is 13.1. The SMILES string of the molecule is CCCOCCOCCOCCOCCOCC(F)CN. The lowest BCUT2D eigenvalue weighted by molar-refractivity contribution is -0.0144. The Hall–Kier alpha value is -0.310. The highest BCUT2D eigenvalue weighted by Crippen LogP contribution is 1.89. The van der Waals surface area contributed by atoms with Gasteiger partial charge in [-0.2, -0.15) is 0 Å². The third-order valence-electron chi connectivity index (χ3n) is 2.39. The molecule has 0 bridgehead atoms. The van der Waals surface area contributed by atoms with E-state index in [1.165, 1.54) is 0 Å². The molecule has 0 saturated heterocycles. The fourth-order valence-electron chi connectivity index (χ4n) is 1.30. The first-order valence-electron chi connectivity index (χ1n) is 7.54. The fraction of sp³-hybridized carbons (Fsp3) is 1.00. The highest BCUT2D eigenvalue weighted by Gasteiger charge is 2.02. The summed E-state index contributed by atoms with van der Waals surface area (Å²) in [7, 11) is 0. The van der Waals surface area contributed by atoms with Crippen LogP contribution >= 0.6 is 0 Å². The molecule has 1 atom stereocenters. The molecule has 0 amide bonds. The number of hydrogen-bond acceptors (Lipinski definition) is 6. The van der Waals surface area contributed by atoms with E-state index >= 15 is 0 Å². The van der Waals surface area contributed by atoms with Crippen molar-refractivity contribution in [1.29, 1.82) is 0 Å². The Morgan fingerprint density at radius 2 is 1.10 bits per heavy atom. The van der Waals surface area contributed by atoms with Crippen molar-refractivity contribution in [2.24, 2.45) is 5.73 Å². The number of nitrogens with two attached hydrogens (primary N) is 1.